The molecule has 2 rings (SSSR count). The minimum absolute atomic E-state index is 0.0122. The molecule has 88 valence electrons. The molecule has 2 aromatic rings. The second-order valence-corrected chi connectivity index (χ2v) is 4.50. The molecule has 0 atom stereocenters. The van der Waals surface area contributed by atoms with Crippen LogP contribution in [0.1, 0.15) is 19.5 Å². The normalized spacial score (nSPS) is 10.8. The fraction of sp³-hybridized carbons (Fsp3) is 0.286. The molecule has 1 N–H and O–H groups in total. The van der Waals surface area contributed by atoms with Gasteiger partial charge < -0.3 is 5.32 Å². The van der Waals surface area contributed by atoms with Crippen molar-refractivity contribution in [1.29, 1.82) is 0 Å². The molecule has 3 heteroatoms. The molecule has 0 unspecified atom stereocenters. The third-order valence-corrected chi connectivity index (χ3v) is 2.62. The molecule has 0 bridgehead atoms. The van der Waals surface area contributed by atoms with Crippen molar-refractivity contribution in [3.05, 3.63) is 36.0 Å². The van der Waals surface area contributed by atoms with Gasteiger partial charge in [-0.2, -0.15) is 0 Å². The van der Waals surface area contributed by atoms with Crippen LogP contribution < -0.4 is 5.32 Å². The van der Waals surface area contributed by atoms with Crippen LogP contribution in [0.3, 0.4) is 0 Å². The summed E-state index contributed by atoms with van der Waals surface area (Å²) in [6, 6.07) is 9.74. The number of benzene rings is 1. The summed E-state index contributed by atoms with van der Waals surface area (Å²) in [7, 11) is 0. The van der Waals surface area contributed by atoms with Gasteiger partial charge in [0.25, 0.3) is 0 Å². The Balaban J connectivity index is 2.32. The lowest BCUT2D eigenvalue weighted by atomic mass is 10.1. The van der Waals surface area contributed by atoms with Crippen molar-refractivity contribution in [3.8, 4) is 0 Å². The maximum Gasteiger partial charge on any atom is 0.226 e. The van der Waals surface area contributed by atoms with Crippen molar-refractivity contribution in [3.63, 3.8) is 0 Å². The third-order valence-electron chi connectivity index (χ3n) is 2.62. The molecular weight excluding hydrogens is 212 g/mol. The van der Waals surface area contributed by atoms with E-state index in [0.717, 1.165) is 22.3 Å². The molecule has 1 aromatic heterocycles. The fourth-order valence-corrected chi connectivity index (χ4v) is 1.59. The zero-order chi connectivity index (χ0) is 12.4. The third kappa shape index (κ3) is 2.61. The van der Waals surface area contributed by atoms with Crippen molar-refractivity contribution in [2.45, 2.75) is 20.8 Å². The average Bonchev–Trinajstić information content (AvgIpc) is 2.29. The summed E-state index contributed by atoms with van der Waals surface area (Å²) >= 11 is 0. The average molecular weight is 228 g/mol. The van der Waals surface area contributed by atoms with Crippen LogP contribution in [0.2, 0.25) is 0 Å². The van der Waals surface area contributed by atoms with Crippen molar-refractivity contribution in [2.24, 2.45) is 5.92 Å². The molecule has 0 saturated carbocycles. The van der Waals surface area contributed by atoms with E-state index in [1.807, 2.05) is 51.1 Å². The lowest BCUT2D eigenvalue weighted by Crippen LogP contribution is -2.17. The van der Waals surface area contributed by atoms with Crippen LogP contribution in [0.15, 0.2) is 30.3 Å². The summed E-state index contributed by atoms with van der Waals surface area (Å²) in [5.74, 6) is 0.0197. The summed E-state index contributed by atoms with van der Waals surface area (Å²) < 4.78 is 0. The molecule has 0 aliphatic heterocycles. The van der Waals surface area contributed by atoms with Gasteiger partial charge in [0.2, 0.25) is 5.91 Å². The predicted octanol–water partition coefficient (Wildman–Crippen LogP) is 3.14. The molecule has 1 aromatic carbocycles. The van der Waals surface area contributed by atoms with Crippen molar-refractivity contribution >= 4 is 22.5 Å². The maximum atomic E-state index is 11.6. The van der Waals surface area contributed by atoms with E-state index < -0.39 is 0 Å². The van der Waals surface area contributed by atoms with E-state index in [9.17, 15) is 4.79 Å². The van der Waals surface area contributed by atoms with Crippen LogP contribution in [0.5, 0.6) is 0 Å². The van der Waals surface area contributed by atoms with E-state index in [2.05, 4.69) is 10.3 Å². The number of pyridine rings is 1. The number of carbonyl (C=O) groups excluding carboxylic acids is 1. The molecule has 0 radical (unpaired) electrons. The zero-order valence-corrected chi connectivity index (χ0v) is 10.3. The van der Waals surface area contributed by atoms with Gasteiger partial charge in [-0.05, 0) is 31.2 Å². The van der Waals surface area contributed by atoms with E-state index in [1.54, 1.807) is 0 Å². The number of carbonyl (C=O) groups is 1. The number of fused-ring (bicyclic) bond motifs is 1. The van der Waals surface area contributed by atoms with Crippen LogP contribution >= 0.6 is 0 Å². The summed E-state index contributed by atoms with van der Waals surface area (Å²) in [5, 5.41) is 3.92. The standard InChI is InChI=1S/C14H16N2O/c1-9(2)14(17)16-12-6-7-13-11(8-12)5-4-10(3)15-13/h4-9H,1-3H3,(H,16,17). The lowest BCUT2D eigenvalue weighted by molar-refractivity contribution is -0.118. The maximum absolute atomic E-state index is 11.6. The smallest absolute Gasteiger partial charge is 0.226 e. The first kappa shape index (κ1) is 11.6. The minimum atomic E-state index is -0.0122. The van der Waals surface area contributed by atoms with Crippen LogP contribution in [-0.4, -0.2) is 10.9 Å². The molecule has 17 heavy (non-hydrogen) atoms. The summed E-state index contributed by atoms with van der Waals surface area (Å²) in [6.07, 6.45) is 0. The number of hydrogen-bond donors (Lipinski definition) is 1. The van der Waals surface area contributed by atoms with Gasteiger partial charge in [-0.15, -0.1) is 0 Å². The van der Waals surface area contributed by atoms with Gasteiger partial charge >= 0.3 is 0 Å². The molecule has 0 fully saturated rings. The Morgan fingerprint density at radius 2 is 2.00 bits per heavy atom. The molecule has 0 spiro atoms. The number of anilines is 1. The predicted molar refractivity (Wildman–Crippen MR) is 69.9 cm³/mol. The first-order valence-corrected chi connectivity index (χ1v) is 5.74. The molecule has 0 aliphatic carbocycles. The highest BCUT2D eigenvalue weighted by Crippen LogP contribution is 2.18. The van der Waals surface area contributed by atoms with Gasteiger partial charge in [0.15, 0.2) is 0 Å². The SMILES string of the molecule is Cc1ccc2cc(NC(=O)C(C)C)ccc2n1. The van der Waals surface area contributed by atoms with Crippen LogP contribution in [0.4, 0.5) is 5.69 Å². The van der Waals surface area contributed by atoms with E-state index in [0.29, 0.717) is 0 Å². The number of aromatic nitrogens is 1. The Kier molecular flexibility index (Phi) is 3.09. The summed E-state index contributed by atoms with van der Waals surface area (Å²) in [5.41, 5.74) is 2.77. The Labute approximate surface area is 101 Å². The monoisotopic (exact) mass is 228 g/mol. The molecular formula is C14H16N2O. The highest BCUT2D eigenvalue weighted by Gasteiger charge is 2.07. The zero-order valence-electron chi connectivity index (χ0n) is 10.3. The number of amides is 1. The van der Waals surface area contributed by atoms with Crippen molar-refractivity contribution in [1.82, 2.24) is 4.98 Å². The molecule has 1 heterocycles. The fourth-order valence-electron chi connectivity index (χ4n) is 1.59. The minimum Gasteiger partial charge on any atom is -0.326 e. The summed E-state index contributed by atoms with van der Waals surface area (Å²) in [4.78, 5) is 16.0. The molecule has 0 aliphatic rings. The highest BCUT2D eigenvalue weighted by atomic mass is 16.1. The van der Waals surface area contributed by atoms with Crippen LogP contribution in [-0.2, 0) is 4.79 Å². The highest BCUT2D eigenvalue weighted by molar-refractivity contribution is 5.94. The summed E-state index contributed by atoms with van der Waals surface area (Å²) in [6.45, 7) is 5.72. The van der Waals surface area contributed by atoms with Gasteiger partial charge in [-0.1, -0.05) is 19.9 Å². The molecule has 1 amide bonds. The number of nitrogens with one attached hydrogen (secondary N) is 1. The van der Waals surface area contributed by atoms with Crippen molar-refractivity contribution in [2.75, 3.05) is 5.32 Å². The van der Waals surface area contributed by atoms with Crippen LogP contribution in [0.25, 0.3) is 10.9 Å². The first-order chi connectivity index (χ1) is 8.06. The molecule has 3 nitrogen and oxygen atoms in total. The van der Waals surface area contributed by atoms with Crippen molar-refractivity contribution < 1.29 is 4.79 Å². The van der Waals surface area contributed by atoms with Gasteiger partial charge in [-0.3, -0.25) is 9.78 Å². The van der Waals surface area contributed by atoms with E-state index >= 15 is 0 Å². The number of nitrogens with zero attached hydrogens (tertiary/aromatic N) is 1. The van der Waals surface area contributed by atoms with E-state index in [1.165, 1.54) is 0 Å². The Hall–Kier alpha value is -1.90. The van der Waals surface area contributed by atoms with Gasteiger partial charge in [0, 0.05) is 22.7 Å². The number of rotatable bonds is 2. The Morgan fingerprint density at radius 3 is 2.71 bits per heavy atom. The van der Waals surface area contributed by atoms with Gasteiger partial charge in [0.05, 0.1) is 5.52 Å². The van der Waals surface area contributed by atoms with E-state index in [-0.39, 0.29) is 11.8 Å². The topological polar surface area (TPSA) is 42.0 Å². The van der Waals surface area contributed by atoms with Gasteiger partial charge in [-0.25, -0.2) is 0 Å². The number of aryl methyl sites for hydroxylation is 1. The Bertz CT molecular complexity index is 561. The van der Waals surface area contributed by atoms with E-state index in [4.69, 9.17) is 0 Å². The Morgan fingerprint density at radius 1 is 1.24 bits per heavy atom. The second kappa shape index (κ2) is 4.53. The van der Waals surface area contributed by atoms with Gasteiger partial charge in [0.1, 0.15) is 0 Å². The molecule has 0 saturated heterocycles. The second-order valence-electron chi connectivity index (χ2n) is 4.50. The van der Waals surface area contributed by atoms with Crippen LogP contribution in [0, 0.1) is 12.8 Å². The first-order valence-electron chi connectivity index (χ1n) is 5.74. The lowest BCUT2D eigenvalue weighted by Gasteiger charge is -2.08. The number of hydrogen-bond acceptors (Lipinski definition) is 2. The quantitative estimate of drug-likeness (QED) is 0.858. The largest absolute Gasteiger partial charge is 0.326 e.